The molecule has 238 valence electrons. The van der Waals surface area contributed by atoms with E-state index in [1.807, 2.05) is 27.7 Å². The summed E-state index contributed by atoms with van der Waals surface area (Å²) >= 11 is 0. The second-order valence-electron chi connectivity index (χ2n) is 10.8. The van der Waals surface area contributed by atoms with Gasteiger partial charge in [0, 0.05) is 6.42 Å². The predicted octanol–water partition coefficient (Wildman–Crippen LogP) is 6.26. The molecule has 2 N–H and O–H groups in total. The molecule has 0 fully saturated rings. The molecular weight excluding hydrogens is 546 g/mol. The first-order valence-electron chi connectivity index (χ1n) is 14.8. The van der Waals surface area contributed by atoms with E-state index >= 15 is 0 Å². The Morgan fingerprint density at radius 1 is 0.738 bits per heavy atom. The molecule has 11 heteroatoms. The van der Waals surface area contributed by atoms with E-state index in [-0.39, 0.29) is 48.4 Å². The third kappa shape index (κ3) is 14.0. The fourth-order valence-corrected chi connectivity index (χ4v) is 3.81. The van der Waals surface area contributed by atoms with Crippen molar-refractivity contribution >= 4 is 24.2 Å². The van der Waals surface area contributed by atoms with Crippen molar-refractivity contribution < 1.29 is 47.6 Å². The van der Waals surface area contributed by atoms with Crippen molar-refractivity contribution in [3.05, 3.63) is 23.8 Å². The van der Waals surface area contributed by atoms with Crippen LogP contribution in [0.2, 0.25) is 0 Å². The van der Waals surface area contributed by atoms with Gasteiger partial charge in [-0.25, -0.2) is 9.59 Å². The molecule has 0 amide bonds. The highest BCUT2D eigenvalue weighted by molar-refractivity contribution is 5.76. The molecule has 0 aliphatic rings. The van der Waals surface area contributed by atoms with Crippen molar-refractivity contribution in [1.82, 2.24) is 0 Å². The van der Waals surface area contributed by atoms with E-state index in [1.54, 1.807) is 33.8 Å². The van der Waals surface area contributed by atoms with Crippen molar-refractivity contribution in [3.8, 4) is 11.5 Å². The summed E-state index contributed by atoms with van der Waals surface area (Å²) in [4.78, 5) is 49.5. The van der Waals surface area contributed by atoms with Gasteiger partial charge in [-0.05, 0) is 70.6 Å². The summed E-state index contributed by atoms with van der Waals surface area (Å²) in [6.07, 6.45) is 0.0509. The summed E-state index contributed by atoms with van der Waals surface area (Å²) in [5.41, 5.74) is 6.62. The molecule has 0 radical (unpaired) electrons. The zero-order chi connectivity index (χ0) is 31.8. The zero-order valence-corrected chi connectivity index (χ0v) is 26.3. The first-order valence-corrected chi connectivity index (χ1v) is 14.8. The summed E-state index contributed by atoms with van der Waals surface area (Å²) in [7, 11) is 0. The fourth-order valence-electron chi connectivity index (χ4n) is 3.81. The zero-order valence-electron chi connectivity index (χ0n) is 26.3. The topological polar surface area (TPSA) is 150 Å². The molecule has 0 saturated carbocycles. The Bertz CT molecular complexity index is 1010. The maximum atomic E-state index is 12.7. The molecule has 0 saturated heterocycles. The van der Waals surface area contributed by atoms with Crippen LogP contribution in [0.3, 0.4) is 0 Å². The van der Waals surface area contributed by atoms with Gasteiger partial charge in [-0.2, -0.15) is 0 Å². The number of benzene rings is 1. The number of hydrogen-bond acceptors (Lipinski definition) is 11. The molecule has 1 rings (SSSR count). The molecule has 0 aliphatic heterocycles. The van der Waals surface area contributed by atoms with E-state index in [9.17, 15) is 19.2 Å². The Morgan fingerprint density at radius 2 is 1.26 bits per heavy atom. The van der Waals surface area contributed by atoms with Crippen molar-refractivity contribution in [2.45, 2.75) is 131 Å². The standard InChI is InChI=1S/C31H49NO10/c1-9-12-20(5)37-30(35)41-26-15-14-24(18-27(26)42-31(36)38-21(6)13-10-2)17-25(32)29(34)40-23(8)22(7)39-28(33)16-19(4)11-3/h14-15,18-23,25H,9-13,16-17,32H2,1-8H3/t19?,20?,21?,22-,23-,25-/m0/s1. The highest BCUT2D eigenvalue weighted by Gasteiger charge is 2.26. The van der Waals surface area contributed by atoms with Crippen LogP contribution in [0.5, 0.6) is 11.5 Å². The molecule has 3 unspecified atom stereocenters. The summed E-state index contributed by atoms with van der Waals surface area (Å²) < 4.78 is 32.0. The van der Waals surface area contributed by atoms with Crippen molar-refractivity contribution in [2.24, 2.45) is 11.7 Å². The molecule has 0 aromatic heterocycles. The van der Waals surface area contributed by atoms with Crippen molar-refractivity contribution in [1.29, 1.82) is 0 Å². The van der Waals surface area contributed by atoms with Crippen LogP contribution < -0.4 is 15.2 Å². The lowest BCUT2D eigenvalue weighted by atomic mass is 10.1. The van der Waals surface area contributed by atoms with Gasteiger partial charge < -0.3 is 34.2 Å². The summed E-state index contributed by atoms with van der Waals surface area (Å²) in [5, 5.41) is 0. The lowest BCUT2D eigenvalue weighted by Crippen LogP contribution is -2.39. The smallest absolute Gasteiger partial charge is 0.459 e. The van der Waals surface area contributed by atoms with Gasteiger partial charge in [-0.3, -0.25) is 9.59 Å². The first-order chi connectivity index (χ1) is 19.8. The van der Waals surface area contributed by atoms with Crippen LogP contribution in [0.15, 0.2) is 18.2 Å². The van der Waals surface area contributed by atoms with E-state index in [0.717, 1.165) is 19.3 Å². The normalized spacial score (nSPS) is 15.3. The minimum Gasteiger partial charge on any atom is -0.459 e. The Balaban J connectivity index is 2.95. The van der Waals surface area contributed by atoms with Crippen LogP contribution in [0.1, 0.15) is 99.5 Å². The highest BCUT2D eigenvalue weighted by atomic mass is 16.7. The third-order valence-corrected chi connectivity index (χ3v) is 6.63. The van der Waals surface area contributed by atoms with Crippen LogP contribution in [0.4, 0.5) is 9.59 Å². The molecule has 11 nitrogen and oxygen atoms in total. The second-order valence-corrected chi connectivity index (χ2v) is 10.8. The number of ether oxygens (including phenoxy) is 6. The Kier molecular flexibility index (Phi) is 16.6. The third-order valence-electron chi connectivity index (χ3n) is 6.63. The van der Waals surface area contributed by atoms with Crippen molar-refractivity contribution in [3.63, 3.8) is 0 Å². The minimum absolute atomic E-state index is 0.0175. The quantitative estimate of drug-likeness (QED) is 0.123. The van der Waals surface area contributed by atoms with Gasteiger partial charge in [0.1, 0.15) is 30.5 Å². The van der Waals surface area contributed by atoms with Crippen LogP contribution in [0, 0.1) is 5.92 Å². The molecular formula is C31H49NO10. The maximum absolute atomic E-state index is 12.7. The van der Waals surface area contributed by atoms with Gasteiger partial charge in [0.25, 0.3) is 0 Å². The molecule has 0 heterocycles. The molecule has 0 bridgehead atoms. The van der Waals surface area contributed by atoms with Gasteiger partial charge in [0.2, 0.25) is 0 Å². The highest BCUT2D eigenvalue weighted by Crippen LogP contribution is 2.30. The van der Waals surface area contributed by atoms with Crippen LogP contribution in [0.25, 0.3) is 0 Å². The molecule has 0 aliphatic carbocycles. The van der Waals surface area contributed by atoms with E-state index in [2.05, 4.69) is 0 Å². The second kappa shape index (κ2) is 19.0. The first kappa shape index (κ1) is 36.7. The van der Waals surface area contributed by atoms with Crippen LogP contribution >= 0.6 is 0 Å². The fraction of sp³-hybridized carbons (Fsp3) is 0.677. The Labute approximate surface area is 249 Å². The van der Waals surface area contributed by atoms with Crippen molar-refractivity contribution in [2.75, 3.05) is 0 Å². The van der Waals surface area contributed by atoms with E-state index in [0.29, 0.717) is 18.4 Å². The van der Waals surface area contributed by atoms with Crippen LogP contribution in [-0.2, 0) is 35.0 Å². The maximum Gasteiger partial charge on any atom is 0.514 e. The number of carbonyl (C=O) groups excluding carboxylic acids is 4. The predicted molar refractivity (Wildman–Crippen MR) is 156 cm³/mol. The van der Waals surface area contributed by atoms with Gasteiger partial charge >= 0.3 is 24.2 Å². The molecule has 1 aromatic rings. The average molecular weight is 596 g/mol. The summed E-state index contributed by atoms with van der Waals surface area (Å²) in [6, 6.07) is 3.34. The average Bonchev–Trinajstić information content (AvgIpc) is 2.89. The largest absolute Gasteiger partial charge is 0.514 e. The van der Waals surface area contributed by atoms with E-state index < -0.39 is 36.5 Å². The number of esters is 2. The molecule has 1 aromatic carbocycles. The number of carbonyl (C=O) groups is 4. The monoisotopic (exact) mass is 595 g/mol. The lowest BCUT2D eigenvalue weighted by molar-refractivity contribution is -0.166. The van der Waals surface area contributed by atoms with Gasteiger partial charge in [0.15, 0.2) is 11.5 Å². The van der Waals surface area contributed by atoms with Gasteiger partial charge in [-0.1, -0.05) is 53.0 Å². The lowest BCUT2D eigenvalue weighted by Gasteiger charge is -2.23. The van der Waals surface area contributed by atoms with Gasteiger partial charge in [0.05, 0.1) is 0 Å². The number of rotatable bonds is 17. The summed E-state index contributed by atoms with van der Waals surface area (Å²) in [6.45, 7) is 14.6. The summed E-state index contributed by atoms with van der Waals surface area (Å²) in [5.74, 6) is -1.03. The molecule has 6 atom stereocenters. The van der Waals surface area contributed by atoms with E-state index in [4.69, 9.17) is 34.2 Å². The Hall–Kier alpha value is -3.34. The SMILES string of the molecule is CCCC(C)OC(=O)Oc1ccc(C[C@H](N)C(=O)O[C@@H](C)[C@H](C)OC(=O)CC(C)CC)cc1OC(=O)OC(C)CCC. The number of hydrogen-bond donors (Lipinski definition) is 1. The van der Waals surface area contributed by atoms with Gasteiger partial charge in [-0.15, -0.1) is 0 Å². The molecule has 0 spiro atoms. The van der Waals surface area contributed by atoms with E-state index in [1.165, 1.54) is 12.1 Å². The number of nitrogens with two attached hydrogens (primary N) is 1. The molecule has 42 heavy (non-hydrogen) atoms. The minimum atomic E-state index is -1.08. The Morgan fingerprint density at radius 3 is 1.79 bits per heavy atom. The van der Waals surface area contributed by atoms with Crippen LogP contribution in [-0.4, -0.2) is 54.7 Å².